The second kappa shape index (κ2) is 5.95. The van der Waals surface area contributed by atoms with Crippen LogP contribution in [-0.2, 0) is 9.05 Å². The van der Waals surface area contributed by atoms with Crippen molar-refractivity contribution in [1.82, 2.24) is 0 Å². The summed E-state index contributed by atoms with van der Waals surface area (Å²) in [6.07, 6.45) is 0. The van der Waals surface area contributed by atoms with Crippen molar-refractivity contribution in [3.8, 4) is 0 Å². The minimum Gasteiger partial charge on any atom is -0.334 e. The molecular weight excluding hydrogens is 183 g/mol. The van der Waals surface area contributed by atoms with Gasteiger partial charge in [-0.15, -0.1) is 0 Å². The fraction of sp³-hybridized carbons (Fsp3) is 1.00. The maximum atomic E-state index is 5.61. The fourth-order valence-electron chi connectivity index (χ4n) is 0.832. The molecule has 0 heterocycles. The van der Waals surface area contributed by atoms with Crippen LogP contribution < -0.4 is 0 Å². The zero-order chi connectivity index (χ0) is 10.5. The van der Waals surface area contributed by atoms with Gasteiger partial charge in [-0.3, -0.25) is 0 Å². The van der Waals surface area contributed by atoms with E-state index in [0.717, 1.165) is 13.2 Å². The average Bonchev–Trinajstić information content (AvgIpc) is 2.01. The smallest absolute Gasteiger partial charge is 0.174 e. The van der Waals surface area contributed by atoms with Crippen molar-refractivity contribution in [1.29, 1.82) is 0 Å². The van der Waals surface area contributed by atoms with E-state index in [-0.39, 0.29) is 5.41 Å². The van der Waals surface area contributed by atoms with Crippen LogP contribution in [0, 0.1) is 5.41 Å². The predicted molar refractivity (Wildman–Crippen MR) is 59.1 cm³/mol. The third-order valence-electron chi connectivity index (χ3n) is 2.08. The van der Waals surface area contributed by atoms with Crippen molar-refractivity contribution in [3.05, 3.63) is 0 Å². The van der Waals surface area contributed by atoms with Gasteiger partial charge in [0.2, 0.25) is 0 Å². The summed E-state index contributed by atoms with van der Waals surface area (Å²) in [6, 6.07) is 0. The van der Waals surface area contributed by atoms with Gasteiger partial charge in [0.25, 0.3) is 0 Å². The third kappa shape index (κ3) is 4.95. The SMILES string of the molecule is CCOP(OCC)C(C)C(C)(C)C. The summed E-state index contributed by atoms with van der Waals surface area (Å²) in [5.74, 6) is 0. The summed E-state index contributed by atoms with van der Waals surface area (Å²) in [6.45, 7) is 14.4. The molecular formula is C10H23O2P. The summed E-state index contributed by atoms with van der Waals surface area (Å²) in [7, 11) is -0.710. The predicted octanol–water partition coefficient (Wildman–Crippen LogP) is 3.81. The largest absolute Gasteiger partial charge is 0.334 e. The van der Waals surface area contributed by atoms with E-state index in [1.807, 2.05) is 13.8 Å². The van der Waals surface area contributed by atoms with Crippen LogP contribution in [0.2, 0.25) is 0 Å². The zero-order valence-electron chi connectivity index (χ0n) is 9.76. The first kappa shape index (κ1) is 13.4. The van der Waals surface area contributed by atoms with Crippen LogP contribution in [-0.4, -0.2) is 18.9 Å². The first-order valence-electron chi connectivity index (χ1n) is 4.98. The Morgan fingerprint density at radius 1 is 1.08 bits per heavy atom. The van der Waals surface area contributed by atoms with Crippen molar-refractivity contribution < 1.29 is 9.05 Å². The summed E-state index contributed by atoms with van der Waals surface area (Å²) >= 11 is 0. The van der Waals surface area contributed by atoms with Gasteiger partial charge in [-0.2, -0.15) is 0 Å². The molecule has 1 atom stereocenters. The monoisotopic (exact) mass is 206 g/mol. The van der Waals surface area contributed by atoms with E-state index in [0.29, 0.717) is 5.66 Å². The van der Waals surface area contributed by atoms with Gasteiger partial charge in [-0.25, -0.2) is 0 Å². The molecule has 0 aliphatic rings. The molecule has 80 valence electrons. The highest BCUT2D eigenvalue weighted by Gasteiger charge is 2.30. The fourth-order valence-corrected chi connectivity index (χ4v) is 2.49. The van der Waals surface area contributed by atoms with Crippen molar-refractivity contribution >= 4 is 8.38 Å². The second-order valence-corrected chi connectivity index (χ2v) is 6.02. The molecule has 0 fully saturated rings. The van der Waals surface area contributed by atoms with Crippen LogP contribution in [0.3, 0.4) is 0 Å². The zero-order valence-corrected chi connectivity index (χ0v) is 10.6. The Morgan fingerprint density at radius 3 is 1.69 bits per heavy atom. The number of hydrogen-bond donors (Lipinski definition) is 0. The maximum Gasteiger partial charge on any atom is 0.174 e. The lowest BCUT2D eigenvalue weighted by Crippen LogP contribution is -2.23. The lowest BCUT2D eigenvalue weighted by atomic mass is 9.93. The number of rotatable bonds is 5. The third-order valence-corrected chi connectivity index (χ3v) is 4.51. The Morgan fingerprint density at radius 2 is 1.46 bits per heavy atom. The van der Waals surface area contributed by atoms with Gasteiger partial charge < -0.3 is 9.05 Å². The van der Waals surface area contributed by atoms with Gasteiger partial charge in [-0.1, -0.05) is 27.7 Å². The molecule has 0 N–H and O–H groups in total. The average molecular weight is 206 g/mol. The van der Waals surface area contributed by atoms with Crippen LogP contribution in [0.4, 0.5) is 0 Å². The van der Waals surface area contributed by atoms with E-state index in [4.69, 9.17) is 9.05 Å². The van der Waals surface area contributed by atoms with Gasteiger partial charge >= 0.3 is 0 Å². The molecule has 0 spiro atoms. The van der Waals surface area contributed by atoms with Crippen molar-refractivity contribution in [2.24, 2.45) is 5.41 Å². The van der Waals surface area contributed by atoms with Gasteiger partial charge in [0.15, 0.2) is 8.38 Å². The van der Waals surface area contributed by atoms with E-state index in [1.165, 1.54) is 0 Å². The van der Waals surface area contributed by atoms with Gasteiger partial charge in [-0.05, 0) is 19.3 Å². The summed E-state index contributed by atoms with van der Waals surface area (Å²) in [5, 5.41) is 0. The molecule has 13 heavy (non-hydrogen) atoms. The molecule has 0 radical (unpaired) electrons. The lowest BCUT2D eigenvalue weighted by Gasteiger charge is -2.32. The lowest BCUT2D eigenvalue weighted by molar-refractivity contribution is 0.243. The molecule has 0 aromatic heterocycles. The normalized spacial score (nSPS) is 15.0. The summed E-state index contributed by atoms with van der Waals surface area (Å²) in [5.41, 5.74) is 0.734. The van der Waals surface area contributed by atoms with Crippen LogP contribution in [0.15, 0.2) is 0 Å². The minimum atomic E-state index is -0.710. The molecule has 2 nitrogen and oxygen atoms in total. The van der Waals surface area contributed by atoms with Crippen molar-refractivity contribution in [2.75, 3.05) is 13.2 Å². The molecule has 3 heteroatoms. The first-order chi connectivity index (χ1) is 5.93. The Labute approximate surface area is 83.9 Å². The van der Waals surface area contributed by atoms with Crippen LogP contribution >= 0.6 is 8.38 Å². The molecule has 0 aliphatic heterocycles. The van der Waals surface area contributed by atoms with Gasteiger partial charge in [0, 0.05) is 5.66 Å². The van der Waals surface area contributed by atoms with Gasteiger partial charge in [0.1, 0.15) is 0 Å². The number of hydrogen-bond acceptors (Lipinski definition) is 2. The maximum absolute atomic E-state index is 5.61. The van der Waals surface area contributed by atoms with Crippen molar-refractivity contribution in [2.45, 2.75) is 47.2 Å². The molecule has 0 aliphatic carbocycles. The highest BCUT2D eigenvalue weighted by molar-refractivity contribution is 7.48. The quantitative estimate of drug-likeness (QED) is 0.637. The molecule has 0 rings (SSSR count). The first-order valence-corrected chi connectivity index (χ1v) is 6.23. The molecule has 0 aromatic rings. The Hall–Kier alpha value is 0.350. The Kier molecular flexibility index (Phi) is 6.11. The molecule has 0 bridgehead atoms. The van der Waals surface area contributed by atoms with E-state index in [1.54, 1.807) is 0 Å². The van der Waals surface area contributed by atoms with E-state index in [2.05, 4.69) is 27.7 Å². The van der Waals surface area contributed by atoms with Crippen LogP contribution in [0.5, 0.6) is 0 Å². The summed E-state index contributed by atoms with van der Waals surface area (Å²) < 4.78 is 11.2. The highest BCUT2D eigenvalue weighted by atomic mass is 31.2. The molecule has 1 unspecified atom stereocenters. The van der Waals surface area contributed by atoms with Crippen LogP contribution in [0.1, 0.15) is 41.5 Å². The van der Waals surface area contributed by atoms with E-state index >= 15 is 0 Å². The Bertz CT molecular complexity index is 125. The highest BCUT2D eigenvalue weighted by Crippen LogP contribution is 2.50. The second-order valence-electron chi connectivity index (χ2n) is 4.16. The van der Waals surface area contributed by atoms with Gasteiger partial charge in [0.05, 0.1) is 13.2 Å². The van der Waals surface area contributed by atoms with Crippen LogP contribution in [0.25, 0.3) is 0 Å². The molecule has 0 amide bonds. The molecule has 0 saturated heterocycles. The topological polar surface area (TPSA) is 18.5 Å². The van der Waals surface area contributed by atoms with E-state index in [9.17, 15) is 0 Å². The standard InChI is InChI=1S/C10H23O2P/c1-7-11-13(12-8-2)9(3)10(4,5)6/h9H,7-8H2,1-6H3. The molecule has 0 aromatic carbocycles. The minimum absolute atomic E-state index is 0.260. The summed E-state index contributed by atoms with van der Waals surface area (Å²) in [4.78, 5) is 0. The Balaban J connectivity index is 4.18. The molecule has 0 saturated carbocycles. The van der Waals surface area contributed by atoms with E-state index < -0.39 is 8.38 Å². The van der Waals surface area contributed by atoms with Crippen molar-refractivity contribution in [3.63, 3.8) is 0 Å².